The molecule has 1 aliphatic heterocycles. The zero-order valence-electron chi connectivity index (χ0n) is 10.3. The summed E-state index contributed by atoms with van der Waals surface area (Å²) in [6.07, 6.45) is 5.96. The Hall–Kier alpha value is -0.180. The third kappa shape index (κ3) is 1.99. The normalized spacial score (nSPS) is 43.5. The van der Waals surface area contributed by atoms with Crippen LogP contribution in [0.2, 0.25) is 0 Å². The standard InChI is InChI=1S/C13H22N2S/c1-8-7-16-13(14-8)15-9(2)12-6-10-3-4-11(12)5-10/h8-12H,3-7H2,1-2H3,(H,14,15). The molecule has 2 bridgehead atoms. The van der Waals surface area contributed by atoms with E-state index < -0.39 is 0 Å². The minimum absolute atomic E-state index is 0.514. The Balaban J connectivity index is 1.57. The van der Waals surface area contributed by atoms with Gasteiger partial charge in [-0.25, -0.2) is 0 Å². The number of fused-ring (bicyclic) bond motifs is 2. The predicted octanol–water partition coefficient (Wildman–Crippen LogP) is 2.89. The van der Waals surface area contributed by atoms with Crippen molar-refractivity contribution in [3.63, 3.8) is 0 Å². The molecule has 0 aromatic rings. The quantitative estimate of drug-likeness (QED) is 0.800. The molecular weight excluding hydrogens is 216 g/mol. The van der Waals surface area contributed by atoms with Crippen LogP contribution < -0.4 is 5.32 Å². The molecule has 3 aliphatic rings. The first-order valence-electron chi connectivity index (χ1n) is 6.69. The summed E-state index contributed by atoms with van der Waals surface area (Å²) >= 11 is 1.90. The first kappa shape index (κ1) is 10.9. The molecule has 0 saturated heterocycles. The van der Waals surface area contributed by atoms with Gasteiger partial charge in [-0.05, 0) is 50.9 Å². The van der Waals surface area contributed by atoms with E-state index in [9.17, 15) is 0 Å². The fourth-order valence-corrected chi connectivity index (χ4v) is 4.76. The van der Waals surface area contributed by atoms with Crippen LogP contribution in [0.3, 0.4) is 0 Å². The molecule has 0 aromatic carbocycles. The van der Waals surface area contributed by atoms with Crippen molar-refractivity contribution in [3.05, 3.63) is 0 Å². The van der Waals surface area contributed by atoms with Gasteiger partial charge in [0.05, 0.1) is 6.04 Å². The molecule has 3 rings (SSSR count). The van der Waals surface area contributed by atoms with Crippen molar-refractivity contribution in [2.24, 2.45) is 22.7 Å². The molecule has 2 aliphatic carbocycles. The molecule has 0 amide bonds. The lowest BCUT2D eigenvalue weighted by atomic mass is 9.84. The zero-order chi connectivity index (χ0) is 11.1. The maximum atomic E-state index is 4.63. The van der Waals surface area contributed by atoms with Gasteiger partial charge >= 0.3 is 0 Å². The van der Waals surface area contributed by atoms with Crippen molar-refractivity contribution >= 4 is 16.9 Å². The van der Waals surface area contributed by atoms with Crippen LogP contribution in [-0.4, -0.2) is 23.0 Å². The van der Waals surface area contributed by atoms with Crippen molar-refractivity contribution in [2.75, 3.05) is 5.75 Å². The van der Waals surface area contributed by atoms with E-state index in [1.54, 1.807) is 0 Å². The number of hydrogen-bond donors (Lipinski definition) is 1. The summed E-state index contributed by atoms with van der Waals surface area (Å²) in [5.74, 6) is 4.14. The molecule has 2 fully saturated rings. The minimum Gasteiger partial charge on any atom is -0.362 e. The van der Waals surface area contributed by atoms with Crippen LogP contribution in [0.15, 0.2) is 4.99 Å². The van der Waals surface area contributed by atoms with Crippen molar-refractivity contribution in [1.29, 1.82) is 0 Å². The van der Waals surface area contributed by atoms with Crippen LogP contribution in [0.5, 0.6) is 0 Å². The number of aliphatic imine (C=N–C) groups is 1. The van der Waals surface area contributed by atoms with Gasteiger partial charge in [-0.2, -0.15) is 0 Å². The van der Waals surface area contributed by atoms with Gasteiger partial charge in [-0.15, -0.1) is 0 Å². The summed E-state index contributed by atoms with van der Waals surface area (Å²) in [4.78, 5) is 4.63. The zero-order valence-corrected chi connectivity index (χ0v) is 11.1. The van der Waals surface area contributed by atoms with Crippen molar-refractivity contribution in [2.45, 2.75) is 51.6 Å². The number of hydrogen-bond acceptors (Lipinski definition) is 3. The minimum atomic E-state index is 0.514. The maximum absolute atomic E-state index is 4.63. The Morgan fingerprint density at radius 3 is 2.81 bits per heavy atom. The number of amidine groups is 1. The highest BCUT2D eigenvalue weighted by molar-refractivity contribution is 8.14. The smallest absolute Gasteiger partial charge is 0.157 e. The number of nitrogens with zero attached hydrogens (tertiary/aromatic N) is 1. The third-order valence-electron chi connectivity index (χ3n) is 4.59. The van der Waals surface area contributed by atoms with Gasteiger partial charge in [0.1, 0.15) is 0 Å². The van der Waals surface area contributed by atoms with Crippen LogP contribution in [0.25, 0.3) is 0 Å². The van der Waals surface area contributed by atoms with E-state index in [4.69, 9.17) is 0 Å². The first-order chi connectivity index (χ1) is 7.72. The van der Waals surface area contributed by atoms with E-state index in [-0.39, 0.29) is 0 Å². The van der Waals surface area contributed by atoms with E-state index in [0.29, 0.717) is 12.1 Å². The molecule has 1 N–H and O–H groups in total. The summed E-state index contributed by atoms with van der Waals surface area (Å²) in [7, 11) is 0. The average Bonchev–Trinajstić information content (AvgIpc) is 2.93. The second kappa shape index (κ2) is 4.25. The Labute approximate surface area is 103 Å². The molecule has 1 heterocycles. The van der Waals surface area contributed by atoms with Crippen molar-refractivity contribution in [1.82, 2.24) is 5.32 Å². The topological polar surface area (TPSA) is 24.4 Å². The Kier molecular flexibility index (Phi) is 2.90. The molecule has 0 spiro atoms. The van der Waals surface area contributed by atoms with Gasteiger partial charge in [0.25, 0.3) is 0 Å². The lowest BCUT2D eigenvalue weighted by Crippen LogP contribution is -2.38. The first-order valence-corrected chi connectivity index (χ1v) is 7.68. The highest BCUT2D eigenvalue weighted by atomic mass is 32.2. The molecule has 3 heteroatoms. The molecule has 2 saturated carbocycles. The molecular formula is C13H22N2S. The molecule has 16 heavy (non-hydrogen) atoms. The fraction of sp³-hybridized carbons (Fsp3) is 0.923. The SMILES string of the molecule is CC1CSC(NC(C)C2CC3CCC2C3)=N1. The number of nitrogens with one attached hydrogen (secondary N) is 1. The Morgan fingerprint density at radius 1 is 1.38 bits per heavy atom. The Bertz CT molecular complexity index is 302. The van der Waals surface area contributed by atoms with Crippen LogP contribution in [0.1, 0.15) is 39.5 Å². The van der Waals surface area contributed by atoms with Crippen LogP contribution in [0.4, 0.5) is 0 Å². The van der Waals surface area contributed by atoms with Gasteiger partial charge < -0.3 is 5.32 Å². The van der Waals surface area contributed by atoms with Crippen LogP contribution >= 0.6 is 11.8 Å². The summed E-state index contributed by atoms with van der Waals surface area (Å²) in [5, 5.41) is 4.85. The lowest BCUT2D eigenvalue weighted by molar-refractivity contribution is 0.279. The van der Waals surface area contributed by atoms with Crippen LogP contribution in [-0.2, 0) is 0 Å². The number of rotatable bonds is 2. The van der Waals surface area contributed by atoms with Crippen LogP contribution in [0, 0.1) is 17.8 Å². The van der Waals surface area contributed by atoms with Gasteiger partial charge in [-0.3, -0.25) is 4.99 Å². The van der Waals surface area contributed by atoms with E-state index in [1.165, 1.54) is 30.9 Å². The summed E-state index contributed by atoms with van der Waals surface area (Å²) in [6.45, 7) is 4.56. The highest BCUT2D eigenvalue weighted by Gasteiger charge is 2.42. The largest absolute Gasteiger partial charge is 0.362 e. The monoisotopic (exact) mass is 238 g/mol. The van der Waals surface area contributed by atoms with Gasteiger partial charge in [0, 0.05) is 11.8 Å². The van der Waals surface area contributed by atoms with Gasteiger partial charge in [-0.1, -0.05) is 18.2 Å². The van der Waals surface area contributed by atoms with Gasteiger partial charge in [0.15, 0.2) is 5.17 Å². The van der Waals surface area contributed by atoms with Crippen molar-refractivity contribution in [3.8, 4) is 0 Å². The molecule has 90 valence electrons. The predicted molar refractivity (Wildman–Crippen MR) is 70.9 cm³/mol. The third-order valence-corrected chi connectivity index (χ3v) is 5.73. The second-order valence-electron chi connectivity index (χ2n) is 5.87. The van der Waals surface area contributed by atoms with E-state index in [2.05, 4.69) is 24.2 Å². The number of thioether (sulfide) groups is 1. The average molecular weight is 238 g/mol. The molecule has 5 atom stereocenters. The summed E-state index contributed by atoms with van der Waals surface area (Å²) < 4.78 is 0. The molecule has 2 nitrogen and oxygen atoms in total. The second-order valence-corrected chi connectivity index (χ2v) is 6.87. The lowest BCUT2D eigenvalue weighted by Gasteiger charge is -2.28. The highest BCUT2D eigenvalue weighted by Crippen LogP contribution is 2.49. The van der Waals surface area contributed by atoms with E-state index in [0.717, 1.165) is 23.5 Å². The maximum Gasteiger partial charge on any atom is 0.157 e. The fourth-order valence-electron chi connectivity index (χ4n) is 3.76. The molecule has 0 aromatic heterocycles. The Morgan fingerprint density at radius 2 is 2.25 bits per heavy atom. The summed E-state index contributed by atoms with van der Waals surface area (Å²) in [5.41, 5.74) is 0. The van der Waals surface area contributed by atoms with E-state index >= 15 is 0 Å². The van der Waals surface area contributed by atoms with Gasteiger partial charge in [0.2, 0.25) is 0 Å². The van der Waals surface area contributed by atoms with Crippen molar-refractivity contribution < 1.29 is 0 Å². The van der Waals surface area contributed by atoms with E-state index in [1.807, 2.05) is 11.8 Å². The summed E-state index contributed by atoms with van der Waals surface area (Å²) in [6, 6.07) is 1.14. The molecule has 0 radical (unpaired) electrons. The molecule has 5 unspecified atom stereocenters.